The van der Waals surface area contributed by atoms with E-state index in [1.54, 1.807) is 12.1 Å². The number of nitriles is 1. The van der Waals surface area contributed by atoms with E-state index in [2.05, 4.69) is 11.4 Å². The smallest absolute Gasteiger partial charge is 0.123 e. The van der Waals surface area contributed by atoms with Gasteiger partial charge >= 0.3 is 0 Å². The van der Waals surface area contributed by atoms with Crippen molar-refractivity contribution in [3.63, 3.8) is 0 Å². The summed E-state index contributed by atoms with van der Waals surface area (Å²) < 4.78 is 13.0. The monoisotopic (exact) mass is 220 g/mol. The number of halogens is 1. The Labute approximate surface area is 96.1 Å². The minimum absolute atomic E-state index is 0.188. The Hall–Kier alpha value is -1.40. The molecule has 0 bridgehead atoms. The van der Waals surface area contributed by atoms with Gasteiger partial charge in [-0.15, -0.1) is 0 Å². The number of benzene rings is 1. The molecule has 0 aromatic heterocycles. The van der Waals surface area contributed by atoms with Crippen molar-refractivity contribution >= 4 is 0 Å². The fraction of sp³-hybridized carbons (Fsp3) is 0.462. The first-order valence-corrected chi connectivity index (χ1v) is 5.52. The van der Waals surface area contributed by atoms with E-state index in [1.165, 1.54) is 6.07 Å². The summed E-state index contributed by atoms with van der Waals surface area (Å²) >= 11 is 0. The second-order valence-corrected chi connectivity index (χ2v) is 3.92. The van der Waals surface area contributed by atoms with Gasteiger partial charge in [0.05, 0.1) is 12.5 Å². The second kappa shape index (κ2) is 6.24. The lowest BCUT2D eigenvalue weighted by atomic mass is 10.1. The minimum atomic E-state index is -0.212. The molecule has 1 rings (SSSR count). The van der Waals surface area contributed by atoms with Crippen molar-refractivity contribution in [2.45, 2.75) is 39.3 Å². The normalized spacial score (nSPS) is 12.1. The molecule has 0 amide bonds. The number of nitrogens with zero attached hydrogens (tertiary/aromatic N) is 1. The third kappa shape index (κ3) is 3.63. The van der Waals surface area contributed by atoms with Crippen molar-refractivity contribution in [3.05, 3.63) is 35.1 Å². The van der Waals surface area contributed by atoms with Crippen LogP contribution in [-0.2, 0) is 6.54 Å². The van der Waals surface area contributed by atoms with Crippen molar-refractivity contribution in [3.8, 4) is 6.07 Å². The highest BCUT2D eigenvalue weighted by atomic mass is 19.1. The largest absolute Gasteiger partial charge is 0.309 e. The first kappa shape index (κ1) is 12.7. The summed E-state index contributed by atoms with van der Waals surface area (Å²) in [6.07, 6.45) is 1.40. The quantitative estimate of drug-likeness (QED) is 0.828. The Morgan fingerprint density at radius 3 is 2.88 bits per heavy atom. The highest BCUT2D eigenvalue weighted by Gasteiger charge is 2.06. The van der Waals surface area contributed by atoms with Crippen LogP contribution in [0, 0.1) is 24.1 Å². The second-order valence-electron chi connectivity index (χ2n) is 3.92. The van der Waals surface area contributed by atoms with Gasteiger partial charge in [-0.3, -0.25) is 0 Å². The SMILES string of the molecule is CCC(CC#N)NCc1cc(F)ccc1C. The Kier molecular flexibility index (Phi) is 4.94. The van der Waals surface area contributed by atoms with E-state index >= 15 is 0 Å². The molecule has 1 N–H and O–H groups in total. The molecular weight excluding hydrogens is 203 g/mol. The molecule has 0 aliphatic rings. The van der Waals surface area contributed by atoms with Crippen molar-refractivity contribution in [2.24, 2.45) is 0 Å². The van der Waals surface area contributed by atoms with Gasteiger partial charge in [-0.2, -0.15) is 5.26 Å². The van der Waals surface area contributed by atoms with Crippen LogP contribution in [0.25, 0.3) is 0 Å². The molecular formula is C13H17FN2. The Morgan fingerprint density at radius 1 is 1.50 bits per heavy atom. The lowest BCUT2D eigenvalue weighted by Gasteiger charge is -2.14. The average molecular weight is 220 g/mol. The van der Waals surface area contributed by atoms with Crippen LogP contribution in [-0.4, -0.2) is 6.04 Å². The van der Waals surface area contributed by atoms with Crippen LogP contribution in [0.4, 0.5) is 4.39 Å². The zero-order valence-electron chi connectivity index (χ0n) is 9.76. The molecule has 0 aliphatic heterocycles. The summed E-state index contributed by atoms with van der Waals surface area (Å²) in [6, 6.07) is 7.11. The van der Waals surface area contributed by atoms with Gasteiger partial charge in [0.1, 0.15) is 5.82 Å². The molecule has 1 atom stereocenters. The standard InChI is InChI=1S/C13H17FN2/c1-3-13(6-7-15)16-9-11-8-12(14)5-4-10(11)2/h4-5,8,13,16H,3,6,9H2,1-2H3. The lowest BCUT2D eigenvalue weighted by molar-refractivity contribution is 0.502. The van der Waals surface area contributed by atoms with Gasteiger partial charge in [-0.1, -0.05) is 13.0 Å². The van der Waals surface area contributed by atoms with E-state index in [9.17, 15) is 4.39 Å². The lowest BCUT2D eigenvalue weighted by Crippen LogP contribution is -2.27. The maximum absolute atomic E-state index is 13.0. The van der Waals surface area contributed by atoms with Crippen molar-refractivity contribution in [2.75, 3.05) is 0 Å². The summed E-state index contributed by atoms with van der Waals surface area (Å²) in [7, 11) is 0. The molecule has 0 saturated heterocycles. The van der Waals surface area contributed by atoms with Crippen LogP contribution >= 0.6 is 0 Å². The van der Waals surface area contributed by atoms with Crippen LogP contribution in [0.15, 0.2) is 18.2 Å². The molecule has 1 aromatic rings. The highest BCUT2D eigenvalue weighted by molar-refractivity contribution is 5.26. The number of nitrogens with one attached hydrogen (secondary N) is 1. The Morgan fingerprint density at radius 2 is 2.25 bits per heavy atom. The van der Waals surface area contributed by atoms with Crippen LogP contribution < -0.4 is 5.32 Å². The zero-order chi connectivity index (χ0) is 12.0. The van der Waals surface area contributed by atoms with Gasteiger partial charge in [0.2, 0.25) is 0 Å². The molecule has 1 unspecified atom stereocenters. The molecule has 0 heterocycles. The zero-order valence-corrected chi connectivity index (χ0v) is 9.76. The number of rotatable bonds is 5. The number of hydrogen-bond acceptors (Lipinski definition) is 2. The molecule has 0 spiro atoms. The topological polar surface area (TPSA) is 35.8 Å². The number of aryl methyl sites for hydroxylation is 1. The van der Waals surface area contributed by atoms with Crippen LogP contribution in [0.3, 0.4) is 0 Å². The summed E-state index contributed by atoms with van der Waals surface area (Å²) in [6.45, 7) is 4.61. The predicted molar refractivity (Wildman–Crippen MR) is 62.3 cm³/mol. The Balaban J connectivity index is 2.60. The summed E-state index contributed by atoms with van der Waals surface area (Å²) in [5, 5.41) is 11.9. The fourth-order valence-corrected chi connectivity index (χ4v) is 1.56. The minimum Gasteiger partial charge on any atom is -0.309 e. The van der Waals surface area contributed by atoms with E-state index < -0.39 is 0 Å². The summed E-state index contributed by atoms with van der Waals surface area (Å²) in [4.78, 5) is 0. The molecule has 0 saturated carbocycles. The van der Waals surface area contributed by atoms with E-state index in [4.69, 9.17) is 5.26 Å². The molecule has 3 heteroatoms. The average Bonchev–Trinajstić information content (AvgIpc) is 2.28. The van der Waals surface area contributed by atoms with Crippen molar-refractivity contribution < 1.29 is 4.39 Å². The molecule has 0 fully saturated rings. The van der Waals surface area contributed by atoms with E-state index in [0.717, 1.165) is 17.5 Å². The van der Waals surface area contributed by atoms with E-state index in [0.29, 0.717) is 13.0 Å². The fourth-order valence-electron chi connectivity index (χ4n) is 1.56. The van der Waals surface area contributed by atoms with Gasteiger partial charge in [0.25, 0.3) is 0 Å². The molecule has 2 nitrogen and oxygen atoms in total. The molecule has 86 valence electrons. The molecule has 1 aromatic carbocycles. The summed E-state index contributed by atoms with van der Waals surface area (Å²) in [5.74, 6) is -0.212. The van der Waals surface area contributed by atoms with Gasteiger partial charge < -0.3 is 5.32 Å². The maximum Gasteiger partial charge on any atom is 0.123 e. The van der Waals surface area contributed by atoms with Crippen LogP contribution in [0.2, 0.25) is 0 Å². The maximum atomic E-state index is 13.0. The van der Waals surface area contributed by atoms with Crippen molar-refractivity contribution in [1.29, 1.82) is 5.26 Å². The third-order valence-corrected chi connectivity index (χ3v) is 2.72. The van der Waals surface area contributed by atoms with Crippen LogP contribution in [0.5, 0.6) is 0 Å². The third-order valence-electron chi connectivity index (χ3n) is 2.72. The number of hydrogen-bond donors (Lipinski definition) is 1. The van der Waals surface area contributed by atoms with Crippen LogP contribution in [0.1, 0.15) is 30.9 Å². The molecule has 0 radical (unpaired) electrons. The highest BCUT2D eigenvalue weighted by Crippen LogP contribution is 2.10. The Bertz CT molecular complexity index is 382. The van der Waals surface area contributed by atoms with Gasteiger partial charge in [0.15, 0.2) is 0 Å². The van der Waals surface area contributed by atoms with E-state index in [-0.39, 0.29) is 11.9 Å². The van der Waals surface area contributed by atoms with E-state index in [1.807, 2.05) is 13.8 Å². The first-order chi connectivity index (χ1) is 7.67. The van der Waals surface area contributed by atoms with Gasteiger partial charge in [0, 0.05) is 12.6 Å². The molecule has 16 heavy (non-hydrogen) atoms. The molecule has 0 aliphatic carbocycles. The predicted octanol–water partition coefficient (Wildman–Crippen LogP) is 2.92. The van der Waals surface area contributed by atoms with Gasteiger partial charge in [-0.05, 0) is 36.6 Å². The first-order valence-electron chi connectivity index (χ1n) is 5.52. The summed E-state index contributed by atoms with van der Waals surface area (Å²) in [5.41, 5.74) is 2.03. The van der Waals surface area contributed by atoms with Gasteiger partial charge in [-0.25, -0.2) is 4.39 Å². The van der Waals surface area contributed by atoms with Crippen molar-refractivity contribution in [1.82, 2.24) is 5.32 Å².